The van der Waals surface area contributed by atoms with Crippen LogP contribution in [0.2, 0.25) is 0 Å². The Labute approximate surface area is 151 Å². The van der Waals surface area contributed by atoms with Crippen molar-refractivity contribution < 1.29 is 14.3 Å². The van der Waals surface area contributed by atoms with Crippen LogP contribution in [0, 0.1) is 0 Å². The number of methoxy groups -OCH3 is 1. The lowest BCUT2D eigenvalue weighted by Gasteiger charge is -2.11. The maximum Gasteiger partial charge on any atom is 0.233 e. The molecule has 8 nitrogen and oxygen atoms in total. The third-order valence-electron chi connectivity index (χ3n) is 3.34. The molecular weight excluding hydrogens is 342 g/mol. The molecule has 25 heavy (non-hydrogen) atoms. The summed E-state index contributed by atoms with van der Waals surface area (Å²) in [5.74, 6) is 7.29. The monoisotopic (exact) mass is 365 g/mol. The first-order valence-corrected chi connectivity index (χ1v) is 8.81. The van der Waals surface area contributed by atoms with Crippen LogP contribution < -0.4 is 15.9 Å². The van der Waals surface area contributed by atoms with Crippen LogP contribution in [0.3, 0.4) is 0 Å². The Morgan fingerprint density at radius 1 is 1.36 bits per heavy atom. The summed E-state index contributed by atoms with van der Waals surface area (Å²) in [5, 5.41) is 11.1. The van der Waals surface area contributed by atoms with E-state index >= 15 is 0 Å². The molecule has 2 rings (SSSR count). The van der Waals surface area contributed by atoms with Gasteiger partial charge in [-0.25, -0.2) is 4.68 Å². The highest BCUT2D eigenvalue weighted by Gasteiger charge is 2.19. The number of rotatable bonds is 9. The number of carbonyl (C=O) groups is 1. The molecule has 0 saturated carbocycles. The van der Waals surface area contributed by atoms with Crippen molar-refractivity contribution >= 4 is 17.7 Å². The number of thioether (sulfide) groups is 1. The van der Waals surface area contributed by atoms with Gasteiger partial charge in [0.1, 0.15) is 5.75 Å². The maximum absolute atomic E-state index is 12.0. The summed E-state index contributed by atoms with van der Waals surface area (Å²) in [4.78, 5) is 12.0. The predicted molar refractivity (Wildman–Crippen MR) is 97.0 cm³/mol. The summed E-state index contributed by atoms with van der Waals surface area (Å²) >= 11 is 1.25. The van der Waals surface area contributed by atoms with E-state index in [1.54, 1.807) is 14.0 Å². The summed E-state index contributed by atoms with van der Waals surface area (Å²) in [6.45, 7) is 5.27. The van der Waals surface area contributed by atoms with Crippen LogP contribution in [0.4, 0.5) is 0 Å². The van der Waals surface area contributed by atoms with Gasteiger partial charge in [-0.2, -0.15) is 0 Å². The molecule has 1 amide bonds. The molecule has 0 unspecified atom stereocenters. The average molecular weight is 365 g/mol. The molecule has 0 saturated heterocycles. The first kappa shape index (κ1) is 19.1. The number of nitrogens with zero attached hydrogens (tertiary/aromatic N) is 3. The topological polar surface area (TPSA) is 104 Å². The van der Waals surface area contributed by atoms with Gasteiger partial charge in [-0.15, -0.1) is 10.2 Å². The Kier molecular flexibility index (Phi) is 7.08. The van der Waals surface area contributed by atoms with E-state index in [1.807, 2.05) is 31.2 Å². The molecule has 3 N–H and O–H groups in total. The first-order chi connectivity index (χ1) is 12.1. The van der Waals surface area contributed by atoms with Gasteiger partial charge in [-0.05, 0) is 38.1 Å². The standard InChI is InChI=1S/C16H23N5O3S/c1-4-24-13-7-5-12(6-8-13)14-19-20-16(21(14)17)25-11(2)15(22)18-9-10-23-3/h5-8,11H,4,9-10,17H2,1-3H3,(H,18,22)/t11-/m0/s1. The Balaban J connectivity index is 2.03. The summed E-state index contributed by atoms with van der Waals surface area (Å²) in [7, 11) is 1.59. The fraction of sp³-hybridized carbons (Fsp3) is 0.438. The van der Waals surface area contributed by atoms with E-state index in [4.69, 9.17) is 15.3 Å². The van der Waals surface area contributed by atoms with Gasteiger partial charge in [0.05, 0.1) is 18.5 Å². The van der Waals surface area contributed by atoms with E-state index < -0.39 is 0 Å². The molecule has 136 valence electrons. The van der Waals surface area contributed by atoms with Crippen molar-refractivity contribution in [2.24, 2.45) is 0 Å². The Morgan fingerprint density at radius 2 is 2.08 bits per heavy atom. The molecule has 1 aromatic carbocycles. The van der Waals surface area contributed by atoms with Gasteiger partial charge in [0.2, 0.25) is 11.1 Å². The second kappa shape index (κ2) is 9.28. The lowest BCUT2D eigenvalue weighted by Crippen LogP contribution is -2.33. The number of aromatic nitrogens is 3. The molecule has 1 heterocycles. The second-order valence-corrected chi connectivity index (χ2v) is 6.49. The number of hydrogen-bond acceptors (Lipinski definition) is 7. The fourth-order valence-electron chi connectivity index (χ4n) is 2.05. The van der Waals surface area contributed by atoms with E-state index in [0.29, 0.717) is 30.7 Å². The highest BCUT2D eigenvalue weighted by molar-refractivity contribution is 8.00. The van der Waals surface area contributed by atoms with Crippen molar-refractivity contribution in [1.82, 2.24) is 20.2 Å². The van der Waals surface area contributed by atoms with Crippen molar-refractivity contribution in [2.45, 2.75) is 24.3 Å². The molecule has 0 bridgehead atoms. The molecule has 0 aliphatic carbocycles. The molecular formula is C16H23N5O3S. The maximum atomic E-state index is 12.0. The quantitative estimate of drug-likeness (QED) is 0.392. The van der Waals surface area contributed by atoms with Crippen LogP contribution in [0.5, 0.6) is 5.75 Å². The van der Waals surface area contributed by atoms with Crippen LogP contribution in [0.15, 0.2) is 29.4 Å². The Bertz CT molecular complexity index is 690. The van der Waals surface area contributed by atoms with Crippen molar-refractivity contribution in [3.8, 4) is 17.1 Å². The molecule has 0 spiro atoms. The van der Waals surface area contributed by atoms with Gasteiger partial charge in [0.25, 0.3) is 0 Å². The summed E-state index contributed by atoms with van der Waals surface area (Å²) in [5.41, 5.74) is 0.822. The molecule has 0 aliphatic heterocycles. The number of carbonyl (C=O) groups excluding carboxylic acids is 1. The lowest BCUT2D eigenvalue weighted by atomic mass is 10.2. The zero-order valence-corrected chi connectivity index (χ0v) is 15.4. The predicted octanol–water partition coefficient (Wildman–Crippen LogP) is 1.30. The Hall–Kier alpha value is -2.26. The van der Waals surface area contributed by atoms with Crippen molar-refractivity contribution in [3.05, 3.63) is 24.3 Å². The number of nitrogens with one attached hydrogen (secondary N) is 1. The smallest absolute Gasteiger partial charge is 0.233 e. The number of hydrogen-bond donors (Lipinski definition) is 2. The summed E-state index contributed by atoms with van der Waals surface area (Å²) < 4.78 is 11.7. The van der Waals surface area contributed by atoms with Crippen LogP contribution in [-0.4, -0.2) is 52.9 Å². The molecule has 1 aromatic heterocycles. The normalized spacial score (nSPS) is 12.0. The van der Waals surface area contributed by atoms with Crippen LogP contribution in [0.1, 0.15) is 13.8 Å². The first-order valence-electron chi connectivity index (χ1n) is 7.93. The van der Waals surface area contributed by atoms with Gasteiger partial charge in [0, 0.05) is 19.2 Å². The molecule has 0 radical (unpaired) electrons. The second-order valence-electron chi connectivity index (χ2n) is 5.18. The van der Waals surface area contributed by atoms with Gasteiger partial charge in [0.15, 0.2) is 5.82 Å². The fourth-order valence-corrected chi connectivity index (χ4v) is 2.85. The zero-order valence-electron chi connectivity index (χ0n) is 14.6. The number of amides is 1. The minimum absolute atomic E-state index is 0.104. The lowest BCUT2D eigenvalue weighted by molar-refractivity contribution is -0.120. The third kappa shape index (κ3) is 5.10. The van der Waals surface area contributed by atoms with Gasteiger partial charge < -0.3 is 20.6 Å². The van der Waals surface area contributed by atoms with Crippen LogP contribution in [-0.2, 0) is 9.53 Å². The minimum Gasteiger partial charge on any atom is -0.494 e. The van der Waals surface area contributed by atoms with E-state index in [2.05, 4.69) is 15.5 Å². The van der Waals surface area contributed by atoms with E-state index in [1.165, 1.54) is 16.4 Å². The number of nitrogens with two attached hydrogens (primary N) is 1. The molecule has 9 heteroatoms. The highest BCUT2D eigenvalue weighted by Crippen LogP contribution is 2.25. The van der Waals surface area contributed by atoms with Gasteiger partial charge in [-0.3, -0.25) is 4.79 Å². The molecule has 1 atom stereocenters. The number of ether oxygens (including phenoxy) is 2. The SMILES string of the molecule is CCOc1ccc(-c2nnc(S[C@@H](C)C(=O)NCCOC)n2N)cc1. The van der Waals surface area contributed by atoms with Gasteiger partial charge in [-0.1, -0.05) is 11.8 Å². The van der Waals surface area contributed by atoms with Crippen molar-refractivity contribution in [2.75, 3.05) is 32.7 Å². The van der Waals surface area contributed by atoms with Gasteiger partial charge >= 0.3 is 0 Å². The summed E-state index contributed by atoms with van der Waals surface area (Å²) in [6, 6.07) is 7.44. The number of nitrogen functional groups attached to an aromatic ring is 1. The van der Waals surface area contributed by atoms with Crippen molar-refractivity contribution in [1.29, 1.82) is 0 Å². The highest BCUT2D eigenvalue weighted by atomic mass is 32.2. The zero-order chi connectivity index (χ0) is 18.2. The third-order valence-corrected chi connectivity index (χ3v) is 4.40. The number of benzene rings is 1. The van der Waals surface area contributed by atoms with Crippen LogP contribution in [0.25, 0.3) is 11.4 Å². The summed E-state index contributed by atoms with van der Waals surface area (Å²) in [6.07, 6.45) is 0. The molecule has 2 aromatic rings. The average Bonchev–Trinajstić information content (AvgIpc) is 2.96. The van der Waals surface area contributed by atoms with Crippen LogP contribution >= 0.6 is 11.8 Å². The largest absolute Gasteiger partial charge is 0.494 e. The van der Waals surface area contributed by atoms with E-state index in [-0.39, 0.29) is 11.2 Å². The minimum atomic E-state index is -0.350. The van der Waals surface area contributed by atoms with E-state index in [9.17, 15) is 4.79 Å². The Morgan fingerprint density at radius 3 is 2.72 bits per heavy atom. The van der Waals surface area contributed by atoms with E-state index in [0.717, 1.165) is 11.3 Å². The molecule has 0 aliphatic rings. The van der Waals surface area contributed by atoms with Crippen molar-refractivity contribution in [3.63, 3.8) is 0 Å². The molecule has 0 fully saturated rings.